The average Bonchev–Trinajstić information content (AvgIpc) is 2.28. The summed E-state index contributed by atoms with van der Waals surface area (Å²) in [4.78, 5) is 14.6. The van der Waals surface area contributed by atoms with E-state index in [9.17, 15) is 10.1 Å². The van der Waals surface area contributed by atoms with Gasteiger partial charge >= 0.3 is 5.69 Å². The summed E-state index contributed by atoms with van der Waals surface area (Å²) in [5.41, 5.74) is 0.974. The van der Waals surface area contributed by atoms with E-state index in [0.29, 0.717) is 15.9 Å². The number of hydrogen-bond donors (Lipinski definition) is 0. The third-order valence-corrected chi connectivity index (χ3v) is 2.72. The lowest BCUT2D eigenvalue weighted by Gasteiger charge is -2.07. The zero-order chi connectivity index (χ0) is 12.6. The highest BCUT2D eigenvalue weighted by Gasteiger charge is 2.21. The van der Waals surface area contributed by atoms with Gasteiger partial charge in [-0.25, -0.2) is 0 Å². The van der Waals surface area contributed by atoms with Gasteiger partial charge in [0.15, 0.2) is 7.85 Å². The number of methoxy groups -OCH3 is 1. The summed E-state index contributed by atoms with van der Waals surface area (Å²) in [6.45, 7) is 0. The van der Waals surface area contributed by atoms with Crippen molar-refractivity contribution >= 4 is 41.6 Å². The molecular weight excluding hydrogens is 242 g/mol. The van der Waals surface area contributed by atoms with Crippen molar-refractivity contribution in [2.75, 3.05) is 7.11 Å². The van der Waals surface area contributed by atoms with Gasteiger partial charge in [0.2, 0.25) is 5.75 Å². The molecule has 0 spiro atoms. The lowest BCUT2D eigenvalue weighted by molar-refractivity contribution is -0.385. The highest BCUT2D eigenvalue weighted by Crippen LogP contribution is 2.37. The number of benzene rings is 1. The van der Waals surface area contributed by atoms with Gasteiger partial charge in [0, 0.05) is 11.5 Å². The van der Waals surface area contributed by atoms with Crippen LogP contribution >= 0.6 is 11.6 Å². The molecule has 0 radical (unpaired) electrons. The number of nitro benzene ring substituents is 1. The Hall–Kier alpha value is -1.82. The molecule has 2 rings (SSSR count). The molecule has 0 atom stereocenters. The SMILES string of the molecule is Bc1ccc2c(Cl)cc([N+](=O)[O-])c(OC)c2n1. The van der Waals surface area contributed by atoms with Crippen molar-refractivity contribution in [3.05, 3.63) is 33.3 Å². The Morgan fingerprint density at radius 3 is 2.82 bits per heavy atom. The maximum absolute atomic E-state index is 10.9. The van der Waals surface area contributed by atoms with Gasteiger partial charge < -0.3 is 4.74 Å². The van der Waals surface area contributed by atoms with Gasteiger partial charge in [-0.3, -0.25) is 15.1 Å². The van der Waals surface area contributed by atoms with Crippen molar-refractivity contribution in [3.8, 4) is 5.75 Å². The topological polar surface area (TPSA) is 65.3 Å². The fourth-order valence-electron chi connectivity index (χ4n) is 1.64. The van der Waals surface area contributed by atoms with E-state index in [1.54, 1.807) is 20.0 Å². The molecular formula is C10H8BClN2O3. The first-order valence-electron chi connectivity index (χ1n) is 4.83. The number of nitrogens with zero attached hydrogens (tertiary/aromatic N) is 2. The van der Waals surface area contributed by atoms with Crippen molar-refractivity contribution in [1.29, 1.82) is 0 Å². The molecule has 0 aliphatic carbocycles. The maximum Gasteiger partial charge on any atom is 0.314 e. The van der Waals surface area contributed by atoms with Crippen LogP contribution in [0.1, 0.15) is 0 Å². The van der Waals surface area contributed by atoms with Crippen LogP contribution in [-0.4, -0.2) is 24.9 Å². The standard InChI is InChI=1S/C10H8BClN2O3/c1-17-10-7(14(15)16)4-6(12)5-2-3-8(11)13-9(5)10/h2-4H,11H2,1H3. The van der Waals surface area contributed by atoms with Crippen LogP contribution in [0.2, 0.25) is 5.02 Å². The molecule has 0 aliphatic heterocycles. The number of fused-ring (bicyclic) bond motifs is 1. The predicted octanol–water partition coefficient (Wildman–Crippen LogP) is 1.06. The van der Waals surface area contributed by atoms with Crippen LogP contribution in [0, 0.1) is 10.1 Å². The molecule has 0 amide bonds. The Morgan fingerprint density at radius 2 is 2.24 bits per heavy atom. The summed E-state index contributed by atoms with van der Waals surface area (Å²) in [6.07, 6.45) is 0. The molecule has 17 heavy (non-hydrogen) atoms. The van der Waals surface area contributed by atoms with Crippen LogP contribution < -0.4 is 10.3 Å². The first kappa shape index (κ1) is 11.7. The van der Waals surface area contributed by atoms with Gasteiger partial charge in [-0.15, -0.1) is 0 Å². The highest BCUT2D eigenvalue weighted by atomic mass is 35.5. The van der Waals surface area contributed by atoms with Crippen LogP contribution in [0.3, 0.4) is 0 Å². The van der Waals surface area contributed by atoms with Crippen molar-refractivity contribution in [1.82, 2.24) is 4.98 Å². The first-order valence-corrected chi connectivity index (χ1v) is 5.20. The second-order valence-electron chi connectivity index (χ2n) is 3.52. The van der Waals surface area contributed by atoms with Crippen molar-refractivity contribution < 1.29 is 9.66 Å². The van der Waals surface area contributed by atoms with Gasteiger partial charge in [0.05, 0.1) is 17.1 Å². The summed E-state index contributed by atoms with van der Waals surface area (Å²) in [5.74, 6) is 0.137. The van der Waals surface area contributed by atoms with Gasteiger partial charge in [0.1, 0.15) is 5.52 Å². The smallest absolute Gasteiger partial charge is 0.314 e. The largest absolute Gasteiger partial charge is 0.489 e. The Kier molecular flexibility index (Phi) is 2.89. The van der Waals surface area contributed by atoms with Gasteiger partial charge in [-0.05, 0) is 5.59 Å². The molecule has 0 bridgehead atoms. The van der Waals surface area contributed by atoms with Gasteiger partial charge in [-0.1, -0.05) is 23.7 Å². The Balaban J connectivity index is 2.92. The van der Waals surface area contributed by atoms with Crippen LogP contribution in [0.25, 0.3) is 10.9 Å². The summed E-state index contributed by atoms with van der Waals surface area (Å²) in [6, 6.07) is 4.84. The molecule has 2 aromatic rings. The molecule has 5 nitrogen and oxygen atoms in total. The fraction of sp³-hybridized carbons (Fsp3) is 0.100. The summed E-state index contributed by atoms with van der Waals surface area (Å²) >= 11 is 5.99. The Bertz CT molecular complexity index is 618. The summed E-state index contributed by atoms with van der Waals surface area (Å²) < 4.78 is 5.07. The highest BCUT2D eigenvalue weighted by molar-refractivity contribution is 6.36. The van der Waals surface area contributed by atoms with Gasteiger partial charge in [0.25, 0.3) is 0 Å². The second-order valence-corrected chi connectivity index (χ2v) is 3.92. The monoisotopic (exact) mass is 250 g/mol. The van der Waals surface area contributed by atoms with Crippen molar-refractivity contribution in [3.63, 3.8) is 0 Å². The van der Waals surface area contributed by atoms with E-state index in [4.69, 9.17) is 16.3 Å². The molecule has 0 N–H and O–H groups in total. The number of rotatable bonds is 2. The van der Waals surface area contributed by atoms with Crippen LogP contribution in [-0.2, 0) is 0 Å². The van der Waals surface area contributed by atoms with E-state index in [2.05, 4.69) is 4.98 Å². The molecule has 0 fully saturated rings. The van der Waals surface area contributed by atoms with Crippen LogP contribution in [0.4, 0.5) is 5.69 Å². The predicted molar refractivity (Wildman–Crippen MR) is 68.1 cm³/mol. The third-order valence-electron chi connectivity index (χ3n) is 2.40. The van der Waals surface area contributed by atoms with Gasteiger partial charge in [-0.2, -0.15) is 0 Å². The maximum atomic E-state index is 10.9. The molecule has 7 heteroatoms. The molecule has 0 saturated heterocycles. The molecule has 0 aliphatic rings. The Labute approximate surface area is 103 Å². The number of pyridine rings is 1. The molecule has 1 aromatic carbocycles. The van der Waals surface area contributed by atoms with Crippen LogP contribution in [0.5, 0.6) is 5.75 Å². The third kappa shape index (κ3) is 1.91. The summed E-state index contributed by atoms with van der Waals surface area (Å²) in [5, 5.41) is 11.8. The fourth-order valence-corrected chi connectivity index (χ4v) is 1.90. The van der Waals surface area contributed by atoms with E-state index < -0.39 is 4.92 Å². The number of halogens is 1. The van der Waals surface area contributed by atoms with Crippen molar-refractivity contribution in [2.45, 2.75) is 0 Å². The second kappa shape index (κ2) is 4.22. The number of hydrogen-bond acceptors (Lipinski definition) is 4. The average molecular weight is 250 g/mol. The zero-order valence-electron chi connectivity index (χ0n) is 9.23. The normalized spacial score (nSPS) is 10.5. The molecule has 0 saturated carbocycles. The number of nitro groups is 1. The van der Waals surface area contributed by atoms with E-state index >= 15 is 0 Å². The number of aromatic nitrogens is 1. The Morgan fingerprint density at radius 1 is 1.53 bits per heavy atom. The van der Waals surface area contributed by atoms with Crippen LogP contribution in [0.15, 0.2) is 18.2 Å². The minimum Gasteiger partial charge on any atom is -0.489 e. The number of ether oxygens (including phenoxy) is 1. The minimum absolute atomic E-state index is 0.137. The zero-order valence-corrected chi connectivity index (χ0v) is 9.99. The van der Waals surface area contributed by atoms with E-state index in [0.717, 1.165) is 5.59 Å². The van der Waals surface area contributed by atoms with E-state index in [1.807, 2.05) is 0 Å². The first-order chi connectivity index (χ1) is 8.04. The molecule has 86 valence electrons. The van der Waals surface area contributed by atoms with Crippen molar-refractivity contribution in [2.24, 2.45) is 0 Å². The molecule has 0 unspecified atom stereocenters. The lowest BCUT2D eigenvalue weighted by atomic mass is 10.0. The quantitative estimate of drug-likeness (QED) is 0.454. The molecule has 1 heterocycles. The van der Waals surface area contributed by atoms with E-state index in [-0.39, 0.29) is 11.4 Å². The minimum atomic E-state index is -0.534. The molecule has 1 aromatic heterocycles. The summed E-state index contributed by atoms with van der Waals surface area (Å²) in [7, 11) is 3.17. The van der Waals surface area contributed by atoms with E-state index in [1.165, 1.54) is 13.2 Å². The lowest BCUT2D eigenvalue weighted by Crippen LogP contribution is -2.08.